The summed E-state index contributed by atoms with van der Waals surface area (Å²) in [7, 11) is -1.10. The van der Waals surface area contributed by atoms with E-state index in [0.717, 1.165) is 10.6 Å². The first-order valence-corrected chi connectivity index (χ1v) is 13.6. The third-order valence-corrected chi connectivity index (χ3v) is 7.16. The van der Waals surface area contributed by atoms with Gasteiger partial charge in [0.05, 0.1) is 26.2 Å². The Morgan fingerprint density at radius 2 is 1.64 bits per heavy atom. The molecule has 0 aliphatic rings. The highest BCUT2D eigenvalue weighted by Crippen LogP contribution is 2.34. The first-order chi connectivity index (χ1) is 16.8. The second-order valence-electron chi connectivity index (χ2n) is 8.37. The van der Waals surface area contributed by atoms with Gasteiger partial charge in [0.2, 0.25) is 21.8 Å². The molecule has 0 saturated heterocycles. The molecule has 0 spiro atoms. The molecule has 0 aromatic heterocycles. The summed E-state index contributed by atoms with van der Waals surface area (Å²) in [6, 6.07) is 8.33. The summed E-state index contributed by atoms with van der Waals surface area (Å²) in [6.07, 6.45) is 0.980. The lowest BCUT2D eigenvalue weighted by Gasteiger charge is -2.32. The largest absolute Gasteiger partial charge is 0.497 e. The normalized spacial score (nSPS) is 12.1. The molecule has 0 bridgehead atoms. The van der Waals surface area contributed by atoms with Gasteiger partial charge in [-0.1, -0.05) is 29.3 Å². The van der Waals surface area contributed by atoms with E-state index in [1.54, 1.807) is 45.0 Å². The van der Waals surface area contributed by atoms with Crippen molar-refractivity contribution in [2.45, 2.75) is 39.4 Å². The van der Waals surface area contributed by atoms with Gasteiger partial charge >= 0.3 is 0 Å². The number of amides is 2. The first-order valence-electron chi connectivity index (χ1n) is 11.0. The van der Waals surface area contributed by atoms with Crippen LogP contribution in [0.1, 0.15) is 26.3 Å². The second-order valence-corrected chi connectivity index (χ2v) is 11.1. The molecule has 9 nitrogen and oxygen atoms in total. The lowest BCUT2D eigenvalue weighted by molar-refractivity contribution is -0.139. The van der Waals surface area contributed by atoms with Crippen molar-refractivity contribution in [1.82, 2.24) is 10.2 Å². The Morgan fingerprint density at radius 1 is 1.03 bits per heavy atom. The van der Waals surface area contributed by atoms with E-state index in [9.17, 15) is 18.0 Å². The highest BCUT2D eigenvalue weighted by molar-refractivity contribution is 7.92. The minimum Gasteiger partial charge on any atom is -0.497 e. The van der Waals surface area contributed by atoms with Gasteiger partial charge in [0.25, 0.3) is 0 Å². The highest BCUT2D eigenvalue weighted by atomic mass is 35.5. The predicted molar refractivity (Wildman–Crippen MR) is 141 cm³/mol. The average Bonchev–Trinajstić information content (AvgIpc) is 2.80. The summed E-state index contributed by atoms with van der Waals surface area (Å²) in [5, 5.41) is 3.40. The van der Waals surface area contributed by atoms with Crippen LogP contribution in [0.15, 0.2) is 36.4 Å². The first kappa shape index (κ1) is 29.5. The summed E-state index contributed by atoms with van der Waals surface area (Å²) in [5.41, 5.74) is 0.579. The quantitative estimate of drug-likeness (QED) is 0.449. The van der Waals surface area contributed by atoms with Crippen molar-refractivity contribution in [3.63, 3.8) is 0 Å². The number of carbonyl (C=O) groups is 2. The zero-order chi connectivity index (χ0) is 27.2. The van der Waals surface area contributed by atoms with Crippen LogP contribution in [0.5, 0.6) is 11.5 Å². The van der Waals surface area contributed by atoms with Crippen LogP contribution in [0.25, 0.3) is 0 Å². The Morgan fingerprint density at radius 3 is 2.14 bits per heavy atom. The number of benzene rings is 2. The Bertz CT molecular complexity index is 1190. The van der Waals surface area contributed by atoms with Crippen LogP contribution in [0, 0.1) is 0 Å². The van der Waals surface area contributed by atoms with Gasteiger partial charge in [-0.15, -0.1) is 0 Å². The van der Waals surface area contributed by atoms with E-state index in [4.69, 9.17) is 32.7 Å². The Hall–Kier alpha value is -2.69. The van der Waals surface area contributed by atoms with Crippen LogP contribution >= 0.6 is 23.2 Å². The van der Waals surface area contributed by atoms with Gasteiger partial charge in [-0.25, -0.2) is 8.42 Å². The minimum atomic E-state index is -3.94. The molecule has 1 atom stereocenters. The van der Waals surface area contributed by atoms with Crippen molar-refractivity contribution < 1.29 is 27.5 Å². The second kappa shape index (κ2) is 12.5. The van der Waals surface area contributed by atoms with Crippen LogP contribution in [0.4, 0.5) is 5.69 Å². The van der Waals surface area contributed by atoms with Gasteiger partial charge in [0.15, 0.2) is 0 Å². The number of nitrogens with zero attached hydrogens (tertiary/aromatic N) is 2. The molecule has 0 unspecified atom stereocenters. The van der Waals surface area contributed by atoms with Gasteiger partial charge in [-0.05, 0) is 45.0 Å². The smallest absolute Gasteiger partial charge is 0.244 e. The van der Waals surface area contributed by atoms with Crippen LogP contribution in [-0.4, -0.2) is 64.2 Å². The molecule has 198 valence electrons. The summed E-state index contributed by atoms with van der Waals surface area (Å²) in [5.74, 6) is -0.404. The molecule has 2 rings (SSSR count). The van der Waals surface area contributed by atoms with Crippen LogP contribution < -0.4 is 19.1 Å². The van der Waals surface area contributed by atoms with Crippen LogP contribution in [-0.2, 0) is 26.2 Å². The molecule has 0 fully saturated rings. The number of rotatable bonds is 11. The molecule has 0 saturated carbocycles. The zero-order valence-electron chi connectivity index (χ0n) is 21.0. The van der Waals surface area contributed by atoms with Crippen LogP contribution in [0.3, 0.4) is 0 Å². The van der Waals surface area contributed by atoms with Gasteiger partial charge < -0.3 is 19.7 Å². The summed E-state index contributed by atoms with van der Waals surface area (Å²) < 4.78 is 37.0. The molecule has 12 heteroatoms. The number of anilines is 1. The standard InChI is InChI=1S/C24H31Cl2N3O6S/c1-15(2)27-24(31)16(3)28(13-18-19(25)8-7-9-20(18)26)23(30)14-29(36(6,32)33)21-11-10-17(34-4)12-22(21)35-5/h7-12,15-16H,13-14H2,1-6H3,(H,27,31)/t16-/m0/s1. The lowest BCUT2D eigenvalue weighted by atomic mass is 10.1. The van der Waals surface area contributed by atoms with Crippen molar-refractivity contribution in [3.8, 4) is 11.5 Å². The molecule has 0 aliphatic carbocycles. The topological polar surface area (TPSA) is 105 Å². The maximum atomic E-state index is 13.6. The number of hydrogen-bond acceptors (Lipinski definition) is 6. The number of carbonyl (C=O) groups excluding carboxylic acids is 2. The maximum absolute atomic E-state index is 13.6. The van der Waals surface area contributed by atoms with Crippen LogP contribution in [0.2, 0.25) is 10.0 Å². The van der Waals surface area contributed by atoms with E-state index in [1.807, 2.05) is 0 Å². The number of sulfonamides is 1. The molecule has 0 radical (unpaired) electrons. The zero-order valence-corrected chi connectivity index (χ0v) is 23.4. The molecule has 2 amide bonds. The van der Waals surface area contributed by atoms with E-state index in [-0.39, 0.29) is 24.0 Å². The summed E-state index contributed by atoms with van der Waals surface area (Å²) >= 11 is 12.7. The molecule has 2 aromatic rings. The average molecular weight is 561 g/mol. The van der Waals surface area contributed by atoms with Crippen molar-refractivity contribution in [2.75, 3.05) is 31.3 Å². The Balaban J connectivity index is 2.52. The van der Waals surface area contributed by atoms with E-state index in [1.165, 1.54) is 31.3 Å². The SMILES string of the molecule is COc1ccc(N(CC(=O)N(Cc2c(Cl)cccc2Cl)[C@@H](C)C(=O)NC(C)C)S(C)(=O)=O)c(OC)c1. The fourth-order valence-electron chi connectivity index (χ4n) is 3.43. The van der Waals surface area contributed by atoms with Crippen molar-refractivity contribution in [2.24, 2.45) is 0 Å². The maximum Gasteiger partial charge on any atom is 0.244 e. The molecule has 36 heavy (non-hydrogen) atoms. The molecular formula is C24H31Cl2N3O6S. The molecule has 2 aromatic carbocycles. The number of ether oxygens (including phenoxy) is 2. The Kier molecular flexibility index (Phi) is 10.3. The fraction of sp³-hybridized carbons (Fsp3) is 0.417. The van der Waals surface area contributed by atoms with Crippen molar-refractivity contribution in [3.05, 3.63) is 52.0 Å². The highest BCUT2D eigenvalue weighted by Gasteiger charge is 2.32. The molecule has 0 heterocycles. The number of halogens is 2. The van der Waals surface area contributed by atoms with E-state index < -0.39 is 34.4 Å². The summed E-state index contributed by atoms with van der Waals surface area (Å²) in [6.45, 7) is 4.44. The monoisotopic (exact) mass is 559 g/mol. The third kappa shape index (κ3) is 7.41. The lowest BCUT2D eigenvalue weighted by Crippen LogP contribution is -2.52. The Labute approximate surface area is 222 Å². The van der Waals surface area contributed by atoms with Gasteiger partial charge in [-0.2, -0.15) is 0 Å². The van der Waals surface area contributed by atoms with Crippen molar-refractivity contribution >= 4 is 50.7 Å². The van der Waals surface area contributed by atoms with E-state index in [0.29, 0.717) is 21.4 Å². The molecular weight excluding hydrogens is 529 g/mol. The van der Waals surface area contributed by atoms with Gasteiger partial charge in [0.1, 0.15) is 24.1 Å². The number of nitrogens with one attached hydrogen (secondary N) is 1. The summed E-state index contributed by atoms with van der Waals surface area (Å²) in [4.78, 5) is 27.7. The molecule has 1 N–H and O–H groups in total. The third-order valence-electron chi connectivity index (χ3n) is 5.32. The number of hydrogen-bond donors (Lipinski definition) is 1. The number of methoxy groups -OCH3 is 2. The van der Waals surface area contributed by atoms with Crippen molar-refractivity contribution in [1.29, 1.82) is 0 Å². The minimum absolute atomic E-state index is 0.110. The van der Waals surface area contributed by atoms with Gasteiger partial charge in [-0.3, -0.25) is 13.9 Å². The van der Waals surface area contributed by atoms with E-state index in [2.05, 4.69) is 5.32 Å². The molecule has 0 aliphatic heterocycles. The predicted octanol–water partition coefficient (Wildman–Crippen LogP) is 3.72. The van der Waals surface area contributed by atoms with E-state index >= 15 is 0 Å². The fourth-order valence-corrected chi connectivity index (χ4v) is 4.80. The van der Waals surface area contributed by atoms with Gasteiger partial charge in [0, 0.05) is 34.3 Å².